The standard InChI is InChI=1S/C20H20N2O5S/c1-13-8-9-16(10-14(13)2)20(24)15(3)27-19(23)12-22-28(25,26)18-7-5-4-6-17(18)11-21/h4-10,15,22H,12H2,1-3H3/t15-/m1/s1. The molecule has 0 bridgehead atoms. The largest absolute Gasteiger partial charge is 0.453 e. The van der Waals surface area contributed by atoms with E-state index in [-0.39, 0.29) is 16.2 Å². The third-order valence-electron chi connectivity index (χ3n) is 4.17. The van der Waals surface area contributed by atoms with E-state index >= 15 is 0 Å². The molecule has 28 heavy (non-hydrogen) atoms. The van der Waals surface area contributed by atoms with Gasteiger partial charge in [-0.2, -0.15) is 9.98 Å². The Kier molecular flexibility index (Phi) is 6.67. The molecule has 2 aromatic rings. The number of carbonyl (C=O) groups is 2. The number of benzene rings is 2. The predicted octanol–water partition coefficient (Wildman–Crippen LogP) is 2.27. The van der Waals surface area contributed by atoms with Crippen LogP contribution in [-0.2, 0) is 19.6 Å². The smallest absolute Gasteiger partial charge is 0.321 e. The van der Waals surface area contributed by atoms with Gasteiger partial charge in [-0.15, -0.1) is 0 Å². The van der Waals surface area contributed by atoms with E-state index in [4.69, 9.17) is 10.00 Å². The number of hydrogen-bond donors (Lipinski definition) is 1. The number of aryl methyl sites for hydroxylation is 2. The Balaban J connectivity index is 2.00. The maximum Gasteiger partial charge on any atom is 0.321 e. The molecular formula is C20H20N2O5S. The van der Waals surface area contributed by atoms with Gasteiger partial charge in [0.25, 0.3) is 0 Å². The number of Topliss-reactive ketones (excluding diaryl/α,β-unsaturated/α-hetero) is 1. The van der Waals surface area contributed by atoms with Gasteiger partial charge in [0.1, 0.15) is 12.6 Å². The third kappa shape index (κ3) is 5.03. The van der Waals surface area contributed by atoms with E-state index in [9.17, 15) is 18.0 Å². The summed E-state index contributed by atoms with van der Waals surface area (Å²) in [5, 5.41) is 9.01. The summed E-state index contributed by atoms with van der Waals surface area (Å²) in [4.78, 5) is 24.1. The fourth-order valence-corrected chi connectivity index (χ4v) is 3.57. The van der Waals surface area contributed by atoms with E-state index in [0.29, 0.717) is 5.56 Å². The molecule has 0 saturated carbocycles. The zero-order chi connectivity index (χ0) is 20.9. The molecule has 0 aliphatic carbocycles. The highest BCUT2D eigenvalue weighted by Crippen LogP contribution is 2.15. The number of hydrogen-bond acceptors (Lipinski definition) is 6. The predicted molar refractivity (Wildman–Crippen MR) is 102 cm³/mol. The Morgan fingerprint density at radius 3 is 2.46 bits per heavy atom. The number of nitrogens with zero attached hydrogens (tertiary/aromatic N) is 1. The van der Waals surface area contributed by atoms with Crippen LogP contribution in [0, 0.1) is 25.2 Å². The molecule has 7 nitrogen and oxygen atoms in total. The monoisotopic (exact) mass is 400 g/mol. The number of ketones is 1. The zero-order valence-electron chi connectivity index (χ0n) is 15.7. The second-order valence-corrected chi connectivity index (χ2v) is 7.96. The summed E-state index contributed by atoms with van der Waals surface area (Å²) < 4.78 is 31.7. The molecule has 0 heterocycles. The van der Waals surface area contributed by atoms with Crippen molar-refractivity contribution in [2.24, 2.45) is 0 Å². The van der Waals surface area contributed by atoms with Crippen molar-refractivity contribution >= 4 is 21.8 Å². The molecule has 0 radical (unpaired) electrons. The van der Waals surface area contributed by atoms with Crippen molar-refractivity contribution in [1.82, 2.24) is 4.72 Å². The number of rotatable bonds is 7. The van der Waals surface area contributed by atoms with Gasteiger partial charge >= 0.3 is 5.97 Å². The highest BCUT2D eigenvalue weighted by Gasteiger charge is 2.23. The van der Waals surface area contributed by atoms with E-state index in [0.717, 1.165) is 11.1 Å². The van der Waals surface area contributed by atoms with Crippen LogP contribution >= 0.6 is 0 Å². The van der Waals surface area contributed by atoms with Crippen LogP contribution in [0.25, 0.3) is 0 Å². The van der Waals surface area contributed by atoms with Gasteiger partial charge in [-0.25, -0.2) is 8.42 Å². The molecule has 0 fully saturated rings. The summed E-state index contributed by atoms with van der Waals surface area (Å²) in [5.74, 6) is -1.28. The lowest BCUT2D eigenvalue weighted by atomic mass is 10.0. The van der Waals surface area contributed by atoms with E-state index < -0.39 is 28.6 Å². The van der Waals surface area contributed by atoms with Crippen LogP contribution in [0.5, 0.6) is 0 Å². The van der Waals surface area contributed by atoms with E-state index in [1.54, 1.807) is 24.3 Å². The van der Waals surface area contributed by atoms with Crippen LogP contribution in [0.4, 0.5) is 0 Å². The van der Waals surface area contributed by atoms with Gasteiger partial charge in [-0.05, 0) is 50.1 Å². The Bertz CT molecular complexity index is 1050. The molecule has 0 saturated heterocycles. The van der Waals surface area contributed by atoms with Gasteiger partial charge in [0.05, 0.1) is 10.5 Å². The normalized spacial score (nSPS) is 12.1. The zero-order valence-corrected chi connectivity index (χ0v) is 16.5. The number of carbonyl (C=O) groups excluding carboxylic acids is 2. The maximum atomic E-state index is 12.4. The highest BCUT2D eigenvalue weighted by molar-refractivity contribution is 7.89. The van der Waals surface area contributed by atoms with Gasteiger partial charge in [-0.1, -0.05) is 24.3 Å². The maximum absolute atomic E-state index is 12.4. The van der Waals surface area contributed by atoms with Crippen LogP contribution in [0.3, 0.4) is 0 Å². The lowest BCUT2D eigenvalue weighted by molar-refractivity contribution is -0.144. The first-order chi connectivity index (χ1) is 13.2. The van der Waals surface area contributed by atoms with E-state index in [1.165, 1.54) is 31.2 Å². The van der Waals surface area contributed by atoms with E-state index in [1.807, 2.05) is 13.8 Å². The third-order valence-corrected chi connectivity index (χ3v) is 5.63. The molecular weight excluding hydrogens is 380 g/mol. The second kappa shape index (κ2) is 8.78. The molecule has 0 aliphatic heterocycles. The average Bonchev–Trinajstić information content (AvgIpc) is 2.68. The molecule has 0 aliphatic rings. The number of nitriles is 1. The number of ether oxygens (including phenoxy) is 1. The Morgan fingerprint density at radius 1 is 1.14 bits per heavy atom. The Labute approximate surface area is 164 Å². The van der Waals surface area contributed by atoms with Gasteiger partial charge in [-0.3, -0.25) is 9.59 Å². The van der Waals surface area contributed by atoms with Crippen molar-refractivity contribution in [2.75, 3.05) is 6.54 Å². The summed E-state index contributed by atoms with van der Waals surface area (Å²) in [6, 6.07) is 12.6. The van der Waals surface area contributed by atoms with Gasteiger partial charge in [0, 0.05) is 5.56 Å². The topological polar surface area (TPSA) is 113 Å². The SMILES string of the molecule is Cc1ccc(C(=O)[C@@H](C)OC(=O)CNS(=O)(=O)c2ccccc2C#N)cc1C. The molecule has 1 atom stereocenters. The summed E-state index contributed by atoms with van der Waals surface area (Å²) in [5.41, 5.74) is 2.34. The number of esters is 1. The highest BCUT2D eigenvalue weighted by atomic mass is 32.2. The van der Waals surface area contributed by atoms with Crippen molar-refractivity contribution in [3.05, 3.63) is 64.7 Å². The first kappa shape index (κ1) is 21.3. The summed E-state index contributed by atoms with van der Waals surface area (Å²) in [6.45, 7) is 4.56. The quantitative estimate of drug-likeness (QED) is 0.563. The van der Waals surface area contributed by atoms with Crippen LogP contribution in [0.1, 0.15) is 34.0 Å². The fourth-order valence-electron chi connectivity index (χ4n) is 2.45. The molecule has 2 rings (SSSR count). The summed E-state index contributed by atoms with van der Waals surface area (Å²) in [7, 11) is -4.07. The van der Waals surface area contributed by atoms with Crippen molar-refractivity contribution < 1.29 is 22.7 Å². The molecule has 0 amide bonds. The van der Waals surface area contributed by atoms with Crippen molar-refractivity contribution in [3.63, 3.8) is 0 Å². The van der Waals surface area contributed by atoms with Gasteiger partial charge in [0.2, 0.25) is 15.8 Å². The number of nitrogens with one attached hydrogen (secondary N) is 1. The minimum Gasteiger partial charge on any atom is -0.453 e. The van der Waals surface area contributed by atoms with Crippen molar-refractivity contribution in [3.8, 4) is 6.07 Å². The summed E-state index contributed by atoms with van der Waals surface area (Å²) in [6.07, 6.45) is -1.06. The lowest BCUT2D eigenvalue weighted by Crippen LogP contribution is -2.34. The van der Waals surface area contributed by atoms with Crippen LogP contribution < -0.4 is 4.72 Å². The van der Waals surface area contributed by atoms with Crippen LogP contribution in [0.15, 0.2) is 47.4 Å². The molecule has 2 aromatic carbocycles. The summed E-state index contributed by atoms with van der Waals surface area (Å²) >= 11 is 0. The molecule has 0 spiro atoms. The van der Waals surface area contributed by atoms with Gasteiger partial charge in [0.15, 0.2) is 6.10 Å². The van der Waals surface area contributed by atoms with Crippen molar-refractivity contribution in [2.45, 2.75) is 31.8 Å². The lowest BCUT2D eigenvalue weighted by Gasteiger charge is -2.14. The number of sulfonamides is 1. The molecule has 146 valence electrons. The molecule has 8 heteroatoms. The first-order valence-corrected chi connectivity index (χ1v) is 9.93. The Morgan fingerprint density at radius 2 is 1.82 bits per heavy atom. The first-order valence-electron chi connectivity index (χ1n) is 8.45. The molecule has 0 aromatic heterocycles. The van der Waals surface area contributed by atoms with Crippen LogP contribution in [0.2, 0.25) is 0 Å². The van der Waals surface area contributed by atoms with Gasteiger partial charge < -0.3 is 4.74 Å². The second-order valence-electron chi connectivity index (χ2n) is 6.23. The van der Waals surface area contributed by atoms with Crippen LogP contribution in [-0.4, -0.2) is 32.8 Å². The van der Waals surface area contributed by atoms with Crippen molar-refractivity contribution in [1.29, 1.82) is 5.26 Å². The minimum absolute atomic E-state index is 0.0401. The minimum atomic E-state index is -4.07. The Hall–Kier alpha value is -3.02. The van der Waals surface area contributed by atoms with E-state index in [2.05, 4.69) is 4.72 Å². The average molecular weight is 400 g/mol. The molecule has 1 N–H and O–H groups in total. The fraction of sp³-hybridized carbons (Fsp3) is 0.250. The molecule has 0 unspecified atom stereocenters.